The molecule has 1 N–H and O–H groups in total. The van der Waals surface area contributed by atoms with Crippen molar-refractivity contribution in [2.75, 3.05) is 13.1 Å². The molecule has 0 aromatic heterocycles. The van der Waals surface area contributed by atoms with E-state index in [0.29, 0.717) is 0 Å². The minimum atomic E-state index is 0.776. The Bertz CT molecular complexity index is 277. The summed E-state index contributed by atoms with van der Waals surface area (Å²) < 4.78 is 0. The first-order valence-corrected chi connectivity index (χ1v) is 5.93. The smallest absolute Gasteiger partial charge is 0.0806 e. The van der Waals surface area contributed by atoms with E-state index in [9.17, 15) is 0 Å². The van der Waals surface area contributed by atoms with Crippen LogP contribution in [0.1, 0.15) is 39.0 Å². The van der Waals surface area contributed by atoms with Gasteiger partial charge in [0.15, 0.2) is 0 Å². The van der Waals surface area contributed by atoms with Gasteiger partial charge in [0.2, 0.25) is 0 Å². The fourth-order valence-electron chi connectivity index (χ4n) is 2.67. The summed E-state index contributed by atoms with van der Waals surface area (Å²) >= 11 is 0. The van der Waals surface area contributed by atoms with E-state index in [1.54, 1.807) is 0 Å². The molecule has 0 saturated heterocycles. The van der Waals surface area contributed by atoms with E-state index in [1.807, 2.05) is 6.92 Å². The molecular formula is C12H20N2O. The lowest BCUT2D eigenvalue weighted by atomic mass is 10.0. The molecule has 1 aliphatic heterocycles. The Balaban J connectivity index is 1.98. The van der Waals surface area contributed by atoms with Crippen LogP contribution in [0.2, 0.25) is 0 Å². The zero-order chi connectivity index (χ0) is 10.7. The first-order valence-electron chi connectivity index (χ1n) is 5.93. The molecule has 0 unspecified atom stereocenters. The SMILES string of the molecule is C/C(=N\O)C1=CCCN(C2CCCC2)C1. The Morgan fingerprint density at radius 3 is 2.87 bits per heavy atom. The number of nitrogens with zero attached hydrogens (tertiary/aromatic N) is 2. The van der Waals surface area contributed by atoms with Crippen LogP contribution in [-0.2, 0) is 0 Å². The van der Waals surface area contributed by atoms with Gasteiger partial charge in [-0.3, -0.25) is 4.90 Å². The van der Waals surface area contributed by atoms with Crippen LogP contribution in [0.3, 0.4) is 0 Å². The lowest BCUT2D eigenvalue weighted by molar-refractivity contribution is 0.213. The Hall–Kier alpha value is -0.830. The Morgan fingerprint density at radius 1 is 1.47 bits per heavy atom. The summed E-state index contributed by atoms with van der Waals surface area (Å²) in [4.78, 5) is 2.55. The number of hydrogen-bond acceptors (Lipinski definition) is 3. The maximum absolute atomic E-state index is 8.77. The van der Waals surface area contributed by atoms with Gasteiger partial charge in [-0.25, -0.2) is 0 Å². The van der Waals surface area contributed by atoms with Crippen LogP contribution >= 0.6 is 0 Å². The summed E-state index contributed by atoms with van der Waals surface area (Å²) in [6, 6.07) is 0.778. The van der Waals surface area contributed by atoms with Crippen molar-refractivity contribution in [3.05, 3.63) is 11.6 Å². The minimum Gasteiger partial charge on any atom is -0.411 e. The monoisotopic (exact) mass is 208 g/mol. The van der Waals surface area contributed by atoms with E-state index in [1.165, 1.54) is 37.8 Å². The van der Waals surface area contributed by atoms with Gasteiger partial charge in [-0.2, -0.15) is 0 Å². The van der Waals surface area contributed by atoms with Gasteiger partial charge in [0.05, 0.1) is 5.71 Å². The van der Waals surface area contributed by atoms with Crippen molar-refractivity contribution in [1.82, 2.24) is 4.90 Å². The number of oxime groups is 1. The Labute approximate surface area is 91.5 Å². The van der Waals surface area contributed by atoms with E-state index in [-0.39, 0.29) is 0 Å². The second kappa shape index (κ2) is 4.79. The zero-order valence-corrected chi connectivity index (χ0v) is 9.45. The predicted octanol–water partition coefficient (Wildman–Crippen LogP) is 2.41. The molecule has 1 aliphatic carbocycles. The minimum absolute atomic E-state index is 0.776. The Morgan fingerprint density at radius 2 is 2.20 bits per heavy atom. The molecule has 0 bridgehead atoms. The fourth-order valence-corrected chi connectivity index (χ4v) is 2.67. The molecule has 2 aliphatic rings. The molecule has 3 nitrogen and oxygen atoms in total. The molecule has 0 amide bonds. The van der Waals surface area contributed by atoms with Gasteiger partial charge in [0.1, 0.15) is 0 Å². The largest absolute Gasteiger partial charge is 0.411 e. The van der Waals surface area contributed by atoms with Crippen molar-refractivity contribution < 1.29 is 5.21 Å². The first kappa shape index (κ1) is 10.7. The van der Waals surface area contributed by atoms with Crippen LogP contribution in [0.15, 0.2) is 16.8 Å². The van der Waals surface area contributed by atoms with Gasteiger partial charge in [-0.15, -0.1) is 0 Å². The molecule has 0 radical (unpaired) electrons. The van der Waals surface area contributed by atoms with E-state index in [0.717, 1.165) is 24.7 Å². The summed E-state index contributed by atoms with van der Waals surface area (Å²) in [5.74, 6) is 0. The third-order valence-electron chi connectivity index (χ3n) is 3.64. The summed E-state index contributed by atoms with van der Waals surface area (Å²) in [6.07, 6.45) is 8.77. The highest BCUT2D eigenvalue weighted by molar-refractivity contribution is 5.98. The maximum Gasteiger partial charge on any atom is 0.0806 e. The summed E-state index contributed by atoms with van der Waals surface area (Å²) in [6.45, 7) is 4.03. The van der Waals surface area contributed by atoms with E-state index >= 15 is 0 Å². The summed E-state index contributed by atoms with van der Waals surface area (Å²) in [5, 5.41) is 12.1. The third kappa shape index (κ3) is 2.40. The molecule has 0 spiro atoms. The quantitative estimate of drug-likeness (QED) is 0.430. The van der Waals surface area contributed by atoms with Crippen molar-refractivity contribution in [3.8, 4) is 0 Å². The van der Waals surface area contributed by atoms with Crippen molar-refractivity contribution >= 4 is 5.71 Å². The van der Waals surface area contributed by atoms with Crippen LogP contribution in [0.25, 0.3) is 0 Å². The van der Waals surface area contributed by atoms with Gasteiger partial charge in [-0.05, 0) is 31.8 Å². The average Bonchev–Trinajstić information content (AvgIpc) is 2.82. The molecule has 15 heavy (non-hydrogen) atoms. The maximum atomic E-state index is 8.77. The molecule has 1 saturated carbocycles. The highest BCUT2D eigenvalue weighted by Crippen LogP contribution is 2.26. The van der Waals surface area contributed by atoms with Crippen LogP contribution in [0.5, 0.6) is 0 Å². The molecule has 84 valence electrons. The van der Waals surface area contributed by atoms with Gasteiger partial charge < -0.3 is 5.21 Å². The van der Waals surface area contributed by atoms with Gasteiger partial charge in [0, 0.05) is 19.1 Å². The van der Waals surface area contributed by atoms with Crippen LogP contribution in [-0.4, -0.2) is 35.0 Å². The third-order valence-corrected chi connectivity index (χ3v) is 3.64. The predicted molar refractivity (Wildman–Crippen MR) is 61.4 cm³/mol. The lowest BCUT2D eigenvalue weighted by Gasteiger charge is -2.32. The zero-order valence-electron chi connectivity index (χ0n) is 9.45. The van der Waals surface area contributed by atoms with Gasteiger partial charge >= 0.3 is 0 Å². The molecule has 0 aromatic carbocycles. The molecule has 0 aromatic rings. The van der Waals surface area contributed by atoms with Crippen molar-refractivity contribution in [2.24, 2.45) is 5.16 Å². The van der Waals surface area contributed by atoms with E-state index in [2.05, 4.69) is 16.1 Å². The molecule has 1 fully saturated rings. The van der Waals surface area contributed by atoms with Gasteiger partial charge in [-0.1, -0.05) is 24.1 Å². The lowest BCUT2D eigenvalue weighted by Crippen LogP contribution is -2.38. The molecule has 3 heteroatoms. The van der Waals surface area contributed by atoms with Crippen molar-refractivity contribution in [3.63, 3.8) is 0 Å². The number of hydrogen-bond donors (Lipinski definition) is 1. The summed E-state index contributed by atoms with van der Waals surface area (Å²) in [5.41, 5.74) is 1.98. The molecular weight excluding hydrogens is 188 g/mol. The first-order chi connectivity index (χ1) is 7.31. The normalized spacial score (nSPS) is 25.7. The topological polar surface area (TPSA) is 35.8 Å². The summed E-state index contributed by atoms with van der Waals surface area (Å²) in [7, 11) is 0. The fraction of sp³-hybridized carbons (Fsp3) is 0.750. The Kier molecular flexibility index (Phi) is 3.41. The second-order valence-corrected chi connectivity index (χ2v) is 4.61. The van der Waals surface area contributed by atoms with Crippen molar-refractivity contribution in [2.45, 2.75) is 45.1 Å². The van der Waals surface area contributed by atoms with Crippen molar-refractivity contribution in [1.29, 1.82) is 0 Å². The average molecular weight is 208 g/mol. The van der Waals surface area contributed by atoms with Crippen LogP contribution < -0.4 is 0 Å². The van der Waals surface area contributed by atoms with Crippen LogP contribution in [0.4, 0.5) is 0 Å². The highest BCUT2D eigenvalue weighted by Gasteiger charge is 2.25. The molecule has 2 rings (SSSR count). The second-order valence-electron chi connectivity index (χ2n) is 4.61. The number of rotatable bonds is 2. The standard InChI is InChI=1S/C12H20N2O/c1-10(13-15)11-5-4-8-14(9-11)12-6-2-3-7-12/h5,12,15H,2-4,6-9H2,1H3/b13-10+. The van der Waals surface area contributed by atoms with E-state index < -0.39 is 0 Å². The van der Waals surface area contributed by atoms with Gasteiger partial charge in [0.25, 0.3) is 0 Å². The van der Waals surface area contributed by atoms with E-state index in [4.69, 9.17) is 5.21 Å². The molecule has 0 atom stereocenters. The molecule has 1 heterocycles. The highest BCUT2D eigenvalue weighted by atomic mass is 16.4. The van der Waals surface area contributed by atoms with Crippen LogP contribution in [0, 0.1) is 0 Å².